The summed E-state index contributed by atoms with van der Waals surface area (Å²) in [5, 5.41) is 17.2. The number of hydrogen-bond donors (Lipinski definition) is 3. The smallest absolute Gasteiger partial charge is 0.325 e. The number of benzene rings is 2. The Hall–Kier alpha value is -4.21. The second-order valence-corrected chi connectivity index (χ2v) is 11.6. The lowest BCUT2D eigenvalue weighted by molar-refractivity contribution is 0.0897. The number of amides is 2. The molecule has 5 rings (SSSR count). The summed E-state index contributed by atoms with van der Waals surface area (Å²) in [5.41, 5.74) is 3.24. The zero-order valence-corrected chi connectivity index (χ0v) is 24.8. The van der Waals surface area contributed by atoms with Gasteiger partial charge >= 0.3 is 6.03 Å². The Morgan fingerprint density at radius 2 is 1.74 bits per heavy atom. The Morgan fingerprint density at radius 1 is 1.02 bits per heavy atom. The highest BCUT2D eigenvalue weighted by molar-refractivity contribution is 6.04. The number of carbonyl (C=O) groups is 2. The van der Waals surface area contributed by atoms with E-state index in [1.54, 1.807) is 43.9 Å². The molecule has 0 aliphatic carbocycles. The van der Waals surface area contributed by atoms with E-state index in [1.807, 2.05) is 47.4 Å². The zero-order valence-electron chi connectivity index (χ0n) is 24.8. The van der Waals surface area contributed by atoms with Crippen LogP contribution in [0.4, 0.5) is 22.0 Å². The number of nitrogens with one attached hydrogen (secondary N) is 2. The van der Waals surface area contributed by atoms with Crippen LogP contribution in [0.1, 0.15) is 55.5 Å². The maximum Gasteiger partial charge on any atom is 0.325 e. The van der Waals surface area contributed by atoms with Crippen LogP contribution < -0.4 is 15.5 Å². The van der Waals surface area contributed by atoms with Crippen LogP contribution in [-0.4, -0.2) is 70.3 Å². The van der Waals surface area contributed by atoms with Gasteiger partial charge in [0.2, 0.25) is 0 Å². The van der Waals surface area contributed by atoms with Crippen LogP contribution in [0.5, 0.6) is 0 Å². The Balaban J connectivity index is 1.35. The molecule has 220 valence electrons. The predicted octanol–water partition coefficient (Wildman–Crippen LogP) is 5.58. The van der Waals surface area contributed by atoms with Gasteiger partial charge in [-0.15, -0.1) is 0 Å². The largest absolute Gasteiger partial charge is 0.389 e. The van der Waals surface area contributed by atoms with Crippen molar-refractivity contribution in [2.24, 2.45) is 0 Å². The summed E-state index contributed by atoms with van der Waals surface area (Å²) in [7, 11) is 1.60. The molecule has 1 aliphatic heterocycles. The van der Waals surface area contributed by atoms with Crippen LogP contribution in [0.3, 0.4) is 0 Å². The fraction of sp³-hybridized carbons (Fsp3) is 0.364. The van der Waals surface area contributed by atoms with Crippen LogP contribution in [0, 0.1) is 0 Å². The number of aliphatic hydroxyl groups is 1. The molecule has 4 aromatic rings. The predicted molar refractivity (Wildman–Crippen MR) is 168 cm³/mol. The molecule has 0 spiro atoms. The minimum absolute atomic E-state index is 0.215. The molecule has 0 bridgehead atoms. The van der Waals surface area contributed by atoms with Gasteiger partial charge < -0.3 is 25.5 Å². The maximum absolute atomic E-state index is 13.1. The molecule has 1 fully saturated rings. The molecule has 2 amide bonds. The minimum Gasteiger partial charge on any atom is -0.389 e. The number of rotatable bonds is 8. The monoisotopic (exact) mass is 568 g/mol. The van der Waals surface area contributed by atoms with Gasteiger partial charge in [-0.25, -0.2) is 9.78 Å². The Kier molecular flexibility index (Phi) is 8.61. The number of piperidine rings is 1. The topological polar surface area (TPSA) is 103 Å². The third-order valence-corrected chi connectivity index (χ3v) is 7.94. The van der Waals surface area contributed by atoms with Crippen molar-refractivity contribution in [3.63, 3.8) is 0 Å². The molecule has 0 radical (unpaired) electrons. The lowest BCUT2D eigenvalue weighted by Gasteiger charge is -2.31. The third kappa shape index (κ3) is 6.64. The number of hydrogen-bond acceptors (Lipinski definition) is 6. The minimum atomic E-state index is -1.01. The molecule has 1 saturated heterocycles. The zero-order chi connectivity index (χ0) is 29.9. The van der Waals surface area contributed by atoms with E-state index in [2.05, 4.69) is 39.6 Å². The first-order chi connectivity index (χ1) is 20.1. The van der Waals surface area contributed by atoms with Crippen molar-refractivity contribution < 1.29 is 14.7 Å². The molecule has 2 aromatic carbocycles. The first kappa shape index (κ1) is 29.3. The number of nitrogens with zero attached hydrogens (tertiary/aromatic N) is 4. The van der Waals surface area contributed by atoms with E-state index in [0.717, 1.165) is 54.8 Å². The number of carbonyl (C=O) groups excluding carboxylic acids is 2. The summed E-state index contributed by atoms with van der Waals surface area (Å²) in [6.45, 7) is 9.34. The normalized spacial score (nSPS) is 14.6. The number of aromatic nitrogens is 2. The summed E-state index contributed by atoms with van der Waals surface area (Å²) >= 11 is 0. The van der Waals surface area contributed by atoms with Gasteiger partial charge in [0, 0.05) is 47.8 Å². The Labute approximate surface area is 247 Å². The molecule has 3 heterocycles. The molecule has 1 aliphatic rings. The highest BCUT2D eigenvalue weighted by Gasteiger charge is 2.23. The van der Waals surface area contributed by atoms with Gasteiger partial charge in [0.25, 0.3) is 5.91 Å². The standard InChI is InChI=1S/C33H40N6O3/c1-5-37-17-13-24(14-18-37)23-6-8-25(9-7-23)31(40)36-30-21-28(12-16-35-30)39(22-33(2,3)42)27-10-11-29-26(20-27)15-19-38(29)32(41)34-4/h6-12,15-16,19-21,24,42H,5,13-14,17-18,22H2,1-4H3,(H,34,41)(H,35,36,40). The highest BCUT2D eigenvalue weighted by Crippen LogP contribution is 2.32. The van der Waals surface area contributed by atoms with E-state index in [9.17, 15) is 14.7 Å². The van der Waals surface area contributed by atoms with E-state index in [4.69, 9.17) is 0 Å². The molecule has 0 saturated carbocycles. The summed E-state index contributed by atoms with van der Waals surface area (Å²) in [5.74, 6) is 0.728. The van der Waals surface area contributed by atoms with Crippen LogP contribution in [0.15, 0.2) is 73.1 Å². The van der Waals surface area contributed by atoms with E-state index < -0.39 is 5.60 Å². The number of likely N-dealkylation sites (tertiary alicyclic amines) is 1. The number of fused-ring (bicyclic) bond motifs is 1. The SMILES string of the molecule is CCN1CCC(c2ccc(C(=O)Nc3cc(N(CC(C)(C)O)c4ccc5c(ccn5C(=O)NC)c4)ccn3)cc2)CC1. The molecule has 2 aromatic heterocycles. The second-order valence-electron chi connectivity index (χ2n) is 11.6. The average molecular weight is 569 g/mol. The van der Waals surface area contributed by atoms with E-state index in [1.165, 1.54) is 5.56 Å². The van der Waals surface area contributed by atoms with Crippen LogP contribution >= 0.6 is 0 Å². The Bertz CT molecular complexity index is 1550. The van der Waals surface area contributed by atoms with Crippen LogP contribution in [0.25, 0.3) is 10.9 Å². The van der Waals surface area contributed by atoms with Gasteiger partial charge in [-0.1, -0.05) is 19.1 Å². The quantitative estimate of drug-likeness (QED) is 0.256. The van der Waals surface area contributed by atoms with Crippen molar-refractivity contribution >= 4 is 40.0 Å². The van der Waals surface area contributed by atoms with Gasteiger partial charge in [0.05, 0.1) is 17.7 Å². The Morgan fingerprint density at radius 3 is 2.40 bits per heavy atom. The van der Waals surface area contributed by atoms with Crippen molar-refractivity contribution in [2.75, 3.05) is 43.4 Å². The lowest BCUT2D eigenvalue weighted by atomic mass is 9.89. The number of pyridine rings is 1. The molecule has 9 heteroatoms. The van der Waals surface area contributed by atoms with Crippen molar-refractivity contribution in [2.45, 2.75) is 45.1 Å². The van der Waals surface area contributed by atoms with Gasteiger partial charge in [0.15, 0.2) is 0 Å². The fourth-order valence-electron chi connectivity index (χ4n) is 5.65. The van der Waals surface area contributed by atoms with Gasteiger partial charge in [-0.2, -0.15) is 0 Å². The maximum atomic E-state index is 13.1. The van der Waals surface area contributed by atoms with Crippen molar-refractivity contribution in [1.82, 2.24) is 19.8 Å². The summed E-state index contributed by atoms with van der Waals surface area (Å²) in [6.07, 6.45) is 5.66. The lowest BCUT2D eigenvalue weighted by Crippen LogP contribution is -2.36. The van der Waals surface area contributed by atoms with Gasteiger partial charge in [-0.3, -0.25) is 9.36 Å². The molecule has 0 atom stereocenters. The number of anilines is 3. The van der Waals surface area contributed by atoms with E-state index >= 15 is 0 Å². The molecule has 0 unspecified atom stereocenters. The molecule has 42 heavy (non-hydrogen) atoms. The van der Waals surface area contributed by atoms with Gasteiger partial charge in [-0.05, 0) is 100 Å². The third-order valence-electron chi connectivity index (χ3n) is 7.94. The van der Waals surface area contributed by atoms with Crippen molar-refractivity contribution in [3.05, 3.63) is 84.2 Å². The van der Waals surface area contributed by atoms with Crippen molar-refractivity contribution in [1.29, 1.82) is 0 Å². The fourth-order valence-corrected chi connectivity index (χ4v) is 5.65. The molecular formula is C33H40N6O3. The summed E-state index contributed by atoms with van der Waals surface area (Å²) in [6, 6.07) is 19.0. The second kappa shape index (κ2) is 12.3. The van der Waals surface area contributed by atoms with E-state index in [-0.39, 0.29) is 11.9 Å². The van der Waals surface area contributed by atoms with E-state index in [0.29, 0.717) is 23.8 Å². The first-order valence-corrected chi connectivity index (χ1v) is 14.6. The molecule has 9 nitrogen and oxygen atoms in total. The summed E-state index contributed by atoms with van der Waals surface area (Å²) in [4.78, 5) is 34.2. The summed E-state index contributed by atoms with van der Waals surface area (Å²) < 4.78 is 1.56. The first-order valence-electron chi connectivity index (χ1n) is 14.6. The van der Waals surface area contributed by atoms with Crippen molar-refractivity contribution in [3.8, 4) is 0 Å². The highest BCUT2D eigenvalue weighted by atomic mass is 16.3. The average Bonchev–Trinajstić information content (AvgIpc) is 3.43. The van der Waals surface area contributed by atoms with Gasteiger partial charge in [0.1, 0.15) is 5.82 Å². The molecule has 3 N–H and O–H groups in total. The molecular weight excluding hydrogens is 528 g/mol. The van der Waals surface area contributed by atoms with Crippen LogP contribution in [0.2, 0.25) is 0 Å². The van der Waals surface area contributed by atoms with Crippen LogP contribution in [-0.2, 0) is 0 Å².